The number of carbonyl (C=O) groups is 3. The number of urea groups is 1. The molecule has 1 rings (SSSR count). The zero-order chi connectivity index (χ0) is 12.1. The van der Waals surface area contributed by atoms with Crippen molar-refractivity contribution in [1.82, 2.24) is 10.2 Å². The van der Waals surface area contributed by atoms with Gasteiger partial charge in [0.05, 0.1) is 13.2 Å². The Hall–Kier alpha value is -1.67. The molecule has 3 amide bonds. The lowest BCUT2D eigenvalue weighted by atomic mass is 10.2. The maximum absolute atomic E-state index is 11.2. The van der Waals surface area contributed by atoms with E-state index in [1.807, 2.05) is 5.32 Å². The van der Waals surface area contributed by atoms with Crippen LogP contribution >= 0.6 is 0 Å². The Labute approximate surface area is 91.3 Å². The van der Waals surface area contributed by atoms with E-state index in [4.69, 9.17) is 15.6 Å². The van der Waals surface area contributed by atoms with Crippen molar-refractivity contribution in [3.63, 3.8) is 0 Å². The lowest BCUT2D eigenvalue weighted by molar-refractivity contribution is -0.156. The van der Waals surface area contributed by atoms with Gasteiger partial charge in [-0.2, -0.15) is 0 Å². The molecule has 16 heavy (non-hydrogen) atoms. The van der Waals surface area contributed by atoms with Crippen LogP contribution in [0.1, 0.15) is 0 Å². The van der Waals surface area contributed by atoms with E-state index in [9.17, 15) is 14.4 Å². The molecule has 1 aliphatic rings. The molecule has 4 N–H and O–H groups in total. The van der Waals surface area contributed by atoms with Gasteiger partial charge in [-0.3, -0.25) is 15.0 Å². The number of ether oxygens (including phenoxy) is 1. The SMILES string of the molecule is NC(=O)NC(=O)CN1CCOC(C(=O)O)C1. The highest BCUT2D eigenvalue weighted by molar-refractivity contribution is 5.94. The molecule has 0 aromatic heterocycles. The molecule has 0 bridgehead atoms. The van der Waals surface area contributed by atoms with Crippen molar-refractivity contribution < 1.29 is 24.2 Å². The molecule has 1 aliphatic heterocycles. The van der Waals surface area contributed by atoms with Crippen molar-refractivity contribution in [2.75, 3.05) is 26.2 Å². The summed E-state index contributed by atoms with van der Waals surface area (Å²) in [5.74, 6) is -1.63. The van der Waals surface area contributed by atoms with Gasteiger partial charge >= 0.3 is 12.0 Å². The first-order chi connectivity index (χ1) is 7.49. The van der Waals surface area contributed by atoms with Gasteiger partial charge in [0.1, 0.15) is 0 Å². The molecule has 0 aliphatic carbocycles. The lowest BCUT2D eigenvalue weighted by Gasteiger charge is -2.29. The van der Waals surface area contributed by atoms with Crippen LogP contribution in [-0.4, -0.2) is 60.3 Å². The summed E-state index contributed by atoms with van der Waals surface area (Å²) in [4.78, 5) is 33.8. The summed E-state index contributed by atoms with van der Waals surface area (Å²) >= 11 is 0. The van der Waals surface area contributed by atoms with E-state index in [2.05, 4.69) is 0 Å². The number of carboxylic acid groups (broad SMARTS) is 1. The summed E-state index contributed by atoms with van der Waals surface area (Å²) in [5.41, 5.74) is 4.77. The smallest absolute Gasteiger partial charge is 0.334 e. The van der Waals surface area contributed by atoms with Crippen molar-refractivity contribution in [3.05, 3.63) is 0 Å². The van der Waals surface area contributed by atoms with E-state index in [1.165, 1.54) is 0 Å². The van der Waals surface area contributed by atoms with Crippen molar-refractivity contribution in [3.8, 4) is 0 Å². The van der Waals surface area contributed by atoms with E-state index < -0.39 is 24.0 Å². The Balaban J connectivity index is 2.39. The average molecular weight is 231 g/mol. The number of nitrogens with zero attached hydrogens (tertiary/aromatic N) is 1. The van der Waals surface area contributed by atoms with Crippen LogP contribution in [0.15, 0.2) is 0 Å². The predicted octanol–water partition coefficient (Wildman–Crippen LogP) is -2.03. The van der Waals surface area contributed by atoms with Crippen LogP contribution in [0.4, 0.5) is 4.79 Å². The first-order valence-corrected chi connectivity index (χ1v) is 4.65. The van der Waals surface area contributed by atoms with Crippen LogP contribution in [0.3, 0.4) is 0 Å². The second-order valence-electron chi connectivity index (χ2n) is 3.35. The number of amides is 3. The number of nitrogens with one attached hydrogen (secondary N) is 1. The minimum atomic E-state index is -1.07. The number of primary amides is 1. The van der Waals surface area contributed by atoms with Gasteiger partial charge in [0.2, 0.25) is 5.91 Å². The minimum absolute atomic E-state index is 0.0733. The second-order valence-corrected chi connectivity index (χ2v) is 3.35. The van der Waals surface area contributed by atoms with E-state index in [0.717, 1.165) is 0 Å². The fourth-order valence-corrected chi connectivity index (χ4v) is 1.38. The summed E-state index contributed by atoms with van der Waals surface area (Å²) in [6.07, 6.45) is -0.935. The van der Waals surface area contributed by atoms with Crippen molar-refractivity contribution >= 4 is 17.9 Å². The second kappa shape index (κ2) is 5.42. The van der Waals surface area contributed by atoms with Gasteiger partial charge in [-0.05, 0) is 0 Å². The third-order valence-corrected chi connectivity index (χ3v) is 2.06. The zero-order valence-corrected chi connectivity index (χ0v) is 8.51. The highest BCUT2D eigenvalue weighted by atomic mass is 16.5. The molecule has 90 valence electrons. The van der Waals surface area contributed by atoms with E-state index in [-0.39, 0.29) is 19.7 Å². The minimum Gasteiger partial charge on any atom is -0.479 e. The third-order valence-electron chi connectivity index (χ3n) is 2.06. The Morgan fingerprint density at radius 3 is 2.75 bits per heavy atom. The molecule has 0 spiro atoms. The Morgan fingerprint density at radius 1 is 1.50 bits per heavy atom. The number of hydrogen-bond acceptors (Lipinski definition) is 5. The van der Waals surface area contributed by atoms with Gasteiger partial charge in [-0.25, -0.2) is 9.59 Å². The number of carboxylic acids is 1. The van der Waals surface area contributed by atoms with Crippen LogP contribution in [0, 0.1) is 0 Å². The Morgan fingerprint density at radius 2 is 2.19 bits per heavy atom. The van der Waals surface area contributed by atoms with Crippen LogP contribution in [0.5, 0.6) is 0 Å². The molecule has 1 saturated heterocycles. The molecule has 0 aromatic rings. The summed E-state index contributed by atoms with van der Waals surface area (Å²) in [6, 6.07) is -0.923. The number of aliphatic carboxylic acids is 1. The Bertz CT molecular complexity index is 306. The summed E-state index contributed by atoms with van der Waals surface area (Å²) < 4.78 is 4.97. The van der Waals surface area contributed by atoms with Crippen molar-refractivity contribution in [2.24, 2.45) is 5.73 Å². The van der Waals surface area contributed by atoms with Crippen molar-refractivity contribution in [2.45, 2.75) is 6.10 Å². The fourth-order valence-electron chi connectivity index (χ4n) is 1.38. The highest BCUT2D eigenvalue weighted by Crippen LogP contribution is 2.04. The first-order valence-electron chi connectivity index (χ1n) is 4.65. The maximum Gasteiger partial charge on any atom is 0.334 e. The summed E-state index contributed by atoms with van der Waals surface area (Å²) in [7, 11) is 0. The number of nitrogens with two attached hydrogens (primary N) is 1. The molecular weight excluding hydrogens is 218 g/mol. The number of morpholine rings is 1. The molecule has 1 heterocycles. The van der Waals surface area contributed by atoms with Gasteiger partial charge < -0.3 is 15.6 Å². The van der Waals surface area contributed by atoms with Crippen LogP contribution < -0.4 is 11.1 Å². The molecular formula is C8H13N3O5. The van der Waals surface area contributed by atoms with Crippen molar-refractivity contribution in [1.29, 1.82) is 0 Å². The standard InChI is InChI=1S/C8H13N3O5/c9-8(15)10-6(12)4-11-1-2-16-5(3-11)7(13)14/h5H,1-4H2,(H,13,14)(H3,9,10,12,15). The van der Waals surface area contributed by atoms with Gasteiger partial charge in [0, 0.05) is 13.1 Å². The molecule has 1 fully saturated rings. The van der Waals surface area contributed by atoms with Gasteiger partial charge in [0.25, 0.3) is 0 Å². The molecule has 1 unspecified atom stereocenters. The average Bonchev–Trinajstić information content (AvgIpc) is 2.16. The molecule has 0 radical (unpaired) electrons. The summed E-state index contributed by atoms with van der Waals surface area (Å²) in [6.45, 7) is 0.717. The molecule has 1 atom stereocenters. The maximum atomic E-state index is 11.2. The summed E-state index contributed by atoms with van der Waals surface area (Å²) in [5, 5.41) is 10.6. The van der Waals surface area contributed by atoms with Gasteiger partial charge in [0.15, 0.2) is 6.10 Å². The normalized spacial score (nSPS) is 21.4. The first kappa shape index (κ1) is 12.4. The fraction of sp³-hybridized carbons (Fsp3) is 0.625. The quantitative estimate of drug-likeness (QED) is 0.514. The topological polar surface area (TPSA) is 122 Å². The van der Waals surface area contributed by atoms with Gasteiger partial charge in [-0.15, -0.1) is 0 Å². The largest absolute Gasteiger partial charge is 0.479 e. The van der Waals surface area contributed by atoms with Crippen LogP contribution in [0.25, 0.3) is 0 Å². The van der Waals surface area contributed by atoms with Crippen LogP contribution in [0.2, 0.25) is 0 Å². The molecule has 8 nitrogen and oxygen atoms in total. The van der Waals surface area contributed by atoms with Crippen LogP contribution in [-0.2, 0) is 14.3 Å². The van der Waals surface area contributed by atoms with E-state index >= 15 is 0 Å². The van der Waals surface area contributed by atoms with Gasteiger partial charge in [-0.1, -0.05) is 0 Å². The number of rotatable bonds is 3. The Kier molecular flexibility index (Phi) is 4.20. The molecule has 0 aromatic carbocycles. The van der Waals surface area contributed by atoms with E-state index in [1.54, 1.807) is 4.90 Å². The highest BCUT2D eigenvalue weighted by Gasteiger charge is 2.27. The number of hydrogen-bond donors (Lipinski definition) is 3. The third kappa shape index (κ3) is 3.83. The molecule has 8 heteroatoms. The number of carbonyl (C=O) groups excluding carboxylic acids is 2. The lowest BCUT2D eigenvalue weighted by Crippen LogP contribution is -2.50. The van der Waals surface area contributed by atoms with E-state index in [0.29, 0.717) is 6.54 Å². The molecule has 0 saturated carbocycles. The monoisotopic (exact) mass is 231 g/mol. The predicted molar refractivity (Wildman–Crippen MR) is 51.5 cm³/mol. The zero-order valence-electron chi connectivity index (χ0n) is 8.51. The number of imide groups is 1.